The second-order valence-electron chi connectivity index (χ2n) is 3.24. The molecule has 2 rings (SSSR count). The lowest BCUT2D eigenvalue weighted by Crippen LogP contribution is -1.97. The Morgan fingerprint density at radius 2 is 2.08 bits per heavy atom. The highest BCUT2D eigenvalue weighted by Gasteiger charge is 2.13. The second kappa shape index (κ2) is 3.02. The summed E-state index contributed by atoms with van der Waals surface area (Å²) in [6, 6.07) is 8.13. The fourth-order valence-electron chi connectivity index (χ4n) is 1.74. The minimum absolute atomic E-state index is 0.561. The van der Waals surface area contributed by atoms with E-state index in [1.807, 2.05) is 12.1 Å². The Morgan fingerprint density at radius 1 is 1.25 bits per heavy atom. The standard InChI is InChI=1S/C11H13N/c12-11-8-4-3-7-10(11)9-5-1-2-6-9/h1,3-5,7-9H,2,6,12H2. The number of nitrogens with two attached hydrogens (primary N) is 1. The highest BCUT2D eigenvalue weighted by Crippen LogP contribution is 2.31. The summed E-state index contributed by atoms with van der Waals surface area (Å²) in [5.41, 5.74) is 8.08. The smallest absolute Gasteiger partial charge is 0.0352 e. The molecule has 0 saturated heterocycles. The molecule has 0 aliphatic heterocycles. The molecule has 0 amide bonds. The Morgan fingerprint density at radius 3 is 2.75 bits per heavy atom. The number of nitrogen functional groups attached to an aromatic ring is 1. The monoisotopic (exact) mass is 159 g/mol. The van der Waals surface area contributed by atoms with Gasteiger partial charge in [-0.2, -0.15) is 0 Å². The first kappa shape index (κ1) is 7.41. The first-order chi connectivity index (χ1) is 5.88. The Labute approximate surface area is 72.9 Å². The molecule has 1 heteroatoms. The van der Waals surface area contributed by atoms with Crippen LogP contribution in [0.3, 0.4) is 0 Å². The van der Waals surface area contributed by atoms with E-state index < -0.39 is 0 Å². The fourth-order valence-corrected chi connectivity index (χ4v) is 1.74. The minimum Gasteiger partial charge on any atom is -0.398 e. The molecule has 1 unspecified atom stereocenters. The lowest BCUT2D eigenvalue weighted by molar-refractivity contribution is 0.803. The molecule has 1 nitrogen and oxygen atoms in total. The molecule has 2 N–H and O–H groups in total. The second-order valence-corrected chi connectivity index (χ2v) is 3.24. The summed E-state index contributed by atoms with van der Waals surface area (Å²) in [4.78, 5) is 0. The summed E-state index contributed by atoms with van der Waals surface area (Å²) in [6.07, 6.45) is 6.90. The van der Waals surface area contributed by atoms with Crippen molar-refractivity contribution in [2.45, 2.75) is 18.8 Å². The fraction of sp³-hybridized carbons (Fsp3) is 0.273. The van der Waals surface area contributed by atoms with Crippen LogP contribution in [0.1, 0.15) is 24.3 Å². The van der Waals surface area contributed by atoms with Crippen molar-refractivity contribution in [2.75, 3.05) is 5.73 Å². The third-order valence-electron chi connectivity index (χ3n) is 2.41. The average molecular weight is 159 g/mol. The van der Waals surface area contributed by atoms with Crippen LogP contribution in [0.4, 0.5) is 5.69 Å². The summed E-state index contributed by atoms with van der Waals surface area (Å²) in [5.74, 6) is 0.561. The Balaban J connectivity index is 2.33. The molecule has 1 aromatic rings. The molecule has 0 heterocycles. The van der Waals surface area contributed by atoms with Crippen LogP contribution in [-0.4, -0.2) is 0 Å². The van der Waals surface area contributed by atoms with Gasteiger partial charge in [0.15, 0.2) is 0 Å². The van der Waals surface area contributed by atoms with Gasteiger partial charge in [0.05, 0.1) is 0 Å². The molecule has 0 aromatic heterocycles. The van der Waals surface area contributed by atoms with E-state index in [0.717, 1.165) is 5.69 Å². The number of hydrogen-bond acceptors (Lipinski definition) is 1. The summed E-state index contributed by atoms with van der Waals surface area (Å²) >= 11 is 0. The predicted octanol–water partition coefficient (Wildman–Crippen LogP) is 2.70. The minimum atomic E-state index is 0.561. The van der Waals surface area contributed by atoms with Crippen molar-refractivity contribution < 1.29 is 0 Å². The van der Waals surface area contributed by atoms with Gasteiger partial charge in [0.25, 0.3) is 0 Å². The molecule has 1 atom stereocenters. The van der Waals surface area contributed by atoms with Gasteiger partial charge in [-0.1, -0.05) is 30.4 Å². The lowest BCUT2D eigenvalue weighted by atomic mass is 9.97. The third kappa shape index (κ3) is 1.22. The Kier molecular flexibility index (Phi) is 1.86. The molecular weight excluding hydrogens is 146 g/mol. The SMILES string of the molecule is Nc1ccccc1C1C=CCC1. The highest BCUT2D eigenvalue weighted by molar-refractivity contribution is 5.50. The quantitative estimate of drug-likeness (QED) is 0.495. The maximum atomic E-state index is 5.87. The number of hydrogen-bond donors (Lipinski definition) is 1. The van der Waals surface area contributed by atoms with E-state index in [9.17, 15) is 0 Å². The van der Waals surface area contributed by atoms with Gasteiger partial charge in [0, 0.05) is 11.6 Å². The molecule has 0 fully saturated rings. The zero-order valence-electron chi connectivity index (χ0n) is 7.03. The van der Waals surface area contributed by atoms with E-state index in [4.69, 9.17) is 5.73 Å². The van der Waals surface area contributed by atoms with E-state index in [0.29, 0.717) is 5.92 Å². The van der Waals surface area contributed by atoms with Crippen LogP contribution in [0.5, 0.6) is 0 Å². The van der Waals surface area contributed by atoms with E-state index in [1.54, 1.807) is 0 Å². The van der Waals surface area contributed by atoms with Crippen LogP contribution >= 0.6 is 0 Å². The molecule has 0 bridgehead atoms. The van der Waals surface area contributed by atoms with Crippen molar-refractivity contribution in [2.24, 2.45) is 0 Å². The average Bonchev–Trinajstić information content (AvgIpc) is 2.57. The van der Waals surface area contributed by atoms with Crippen molar-refractivity contribution in [1.82, 2.24) is 0 Å². The van der Waals surface area contributed by atoms with Crippen molar-refractivity contribution in [3.05, 3.63) is 42.0 Å². The van der Waals surface area contributed by atoms with E-state index >= 15 is 0 Å². The molecular formula is C11H13N. The van der Waals surface area contributed by atoms with Crippen LogP contribution in [0.15, 0.2) is 36.4 Å². The molecule has 1 aliphatic carbocycles. The molecule has 0 spiro atoms. The topological polar surface area (TPSA) is 26.0 Å². The zero-order valence-corrected chi connectivity index (χ0v) is 7.03. The number of rotatable bonds is 1. The van der Waals surface area contributed by atoms with Crippen molar-refractivity contribution in [1.29, 1.82) is 0 Å². The highest BCUT2D eigenvalue weighted by atomic mass is 14.6. The number of benzene rings is 1. The van der Waals surface area contributed by atoms with Gasteiger partial charge in [-0.3, -0.25) is 0 Å². The van der Waals surface area contributed by atoms with E-state index in [1.165, 1.54) is 18.4 Å². The maximum absolute atomic E-state index is 5.87. The molecule has 0 saturated carbocycles. The van der Waals surface area contributed by atoms with Gasteiger partial charge >= 0.3 is 0 Å². The van der Waals surface area contributed by atoms with Crippen LogP contribution in [0.2, 0.25) is 0 Å². The van der Waals surface area contributed by atoms with Crippen LogP contribution in [-0.2, 0) is 0 Å². The van der Waals surface area contributed by atoms with Gasteiger partial charge in [-0.25, -0.2) is 0 Å². The number of allylic oxidation sites excluding steroid dienone is 2. The van der Waals surface area contributed by atoms with Gasteiger partial charge in [0.2, 0.25) is 0 Å². The third-order valence-corrected chi connectivity index (χ3v) is 2.41. The largest absolute Gasteiger partial charge is 0.398 e. The van der Waals surface area contributed by atoms with E-state index in [-0.39, 0.29) is 0 Å². The van der Waals surface area contributed by atoms with Gasteiger partial charge in [0.1, 0.15) is 0 Å². The predicted molar refractivity (Wildman–Crippen MR) is 52.0 cm³/mol. The van der Waals surface area contributed by atoms with Crippen LogP contribution in [0, 0.1) is 0 Å². The molecule has 62 valence electrons. The summed E-state index contributed by atoms with van der Waals surface area (Å²) < 4.78 is 0. The maximum Gasteiger partial charge on any atom is 0.0352 e. The normalized spacial score (nSPS) is 21.5. The number of anilines is 1. The number of para-hydroxylation sites is 1. The van der Waals surface area contributed by atoms with Gasteiger partial charge in [-0.15, -0.1) is 0 Å². The van der Waals surface area contributed by atoms with Crippen molar-refractivity contribution in [3.8, 4) is 0 Å². The molecule has 0 radical (unpaired) electrons. The first-order valence-corrected chi connectivity index (χ1v) is 4.39. The van der Waals surface area contributed by atoms with Crippen LogP contribution < -0.4 is 5.73 Å². The van der Waals surface area contributed by atoms with Crippen molar-refractivity contribution in [3.63, 3.8) is 0 Å². The Bertz CT molecular complexity index is 302. The van der Waals surface area contributed by atoms with Gasteiger partial charge < -0.3 is 5.73 Å². The summed E-state index contributed by atoms with van der Waals surface area (Å²) in [7, 11) is 0. The van der Waals surface area contributed by atoms with Crippen LogP contribution in [0.25, 0.3) is 0 Å². The zero-order chi connectivity index (χ0) is 8.39. The van der Waals surface area contributed by atoms with Gasteiger partial charge in [-0.05, 0) is 24.5 Å². The molecule has 1 aromatic carbocycles. The van der Waals surface area contributed by atoms with E-state index in [2.05, 4.69) is 24.3 Å². The summed E-state index contributed by atoms with van der Waals surface area (Å²) in [6.45, 7) is 0. The first-order valence-electron chi connectivity index (χ1n) is 4.39. The Hall–Kier alpha value is -1.24. The summed E-state index contributed by atoms with van der Waals surface area (Å²) in [5, 5.41) is 0. The molecule has 1 aliphatic rings. The lowest BCUT2D eigenvalue weighted by Gasteiger charge is -2.10. The van der Waals surface area contributed by atoms with Crippen molar-refractivity contribution >= 4 is 5.69 Å². The molecule has 12 heavy (non-hydrogen) atoms.